The molecule has 7 nitrogen and oxygen atoms in total. The topological polar surface area (TPSA) is 111 Å². The average Bonchev–Trinajstić information content (AvgIpc) is 2.88. The quantitative estimate of drug-likeness (QED) is 0.690. The first-order chi connectivity index (χ1) is 8.18. The summed E-state index contributed by atoms with van der Waals surface area (Å²) in [4.78, 5) is 21.8. The van der Waals surface area contributed by atoms with E-state index >= 15 is 0 Å². The zero-order valence-corrected chi connectivity index (χ0v) is 8.54. The number of nitrogens with zero attached hydrogens (tertiary/aromatic N) is 2. The van der Waals surface area contributed by atoms with Crippen LogP contribution in [-0.2, 0) is 4.79 Å². The highest BCUT2D eigenvalue weighted by Gasteiger charge is 2.16. The van der Waals surface area contributed by atoms with Crippen molar-refractivity contribution < 1.29 is 9.90 Å². The van der Waals surface area contributed by atoms with Crippen molar-refractivity contribution in [2.45, 2.75) is 0 Å². The Morgan fingerprint density at radius 3 is 2.94 bits per heavy atom. The minimum absolute atomic E-state index is 0.113. The van der Waals surface area contributed by atoms with Crippen LogP contribution < -0.4 is 5.56 Å². The number of rotatable bonds is 3. The molecule has 1 aromatic rings. The zero-order valence-electron chi connectivity index (χ0n) is 8.54. The second kappa shape index (κ2) is 4.44. The number of aromatic nitrogens is 2. The molecule has 1 aromatic heterocycles. The highest BCUT2D eigenvalue weighted by Crippen LogP contribution is 2.05. The van der Waals surface area contributed by atoms with Gasteiger partial charge >= 0.3 is 5.97 Å². The molecule has 0 fully saturated rings. The maximum atomic E-state index is 11.1. The number of hydrogen-bond donors (Lipinski definition) is 3. The number of carboxylic acid groups (broad SMARTS) is 1. The van der Waals surface area contributed by atoms with Gasteiger partial charge in [0, 0.05) is 11.8 Å². The monoisotopic (exact) mass is 232 g/mol. The van der Waals surface area contributed by atoms with E-state index in [-0.39, 0.29) is 11.3 Å². The molecule has 1 aliphatic heterocycles. The molecule has 86 valence electrons. The summed E-state index contributed by atoms with van der Waals surface area (Å²) >= 11 is 0. The van der Waals surface area contributed by atoms with Crippen LogP contribution >= 0.6 is 0 Å². The Bertz CT molecular complexity index is 615. The standard InChI is InChI=1S/C10H8N4O3/c15-9-7(5-12-14-9)3-1-2-6-4-11-13-8(6)10(16)17/h1-5H,(H,16,17)(H2,12,14,15). The lowest BCUT2D eigenvalue weighted by atomic mass is 10.1. The molecule has 0 saturated heterocycles. The number of carboxylic acids is 1. The van der Waals surface area contributed by atoms with Gasteiger partial charge in [-0.1, -0.05) is 12.2 Å². The number of H-pyrrole nitrogens is 2. The molecule has 7 heteroatoms. The first-order valence-corrected chi connectivity index (χ1v) is 4.67. The van der Waals surface area contributed by atoms with Gasteiger partial charge in [0.1, 0.15) is 0 Å². The average molecular weight is 232 g/mol. The fraction of sp³-hybridized carbons (Fsp3) is 0. The highest BCUT2D eigenvalue weighted by molar-refractivity contribution is 6.48. The van der Waals surface area contributed by atoms with Gasteiger partial charge < -0.3 is 10.2 Å². The van der Waals surface area contributed by atoms with Crippen LogP contribution in [0.2, 0.25) is 0 Å². The van der Waals surface area contributed by atoms with E-state index in [1.54, 1.807) is 12.2 Å². The Morgan fingerprint density at radius 1 is 1.47 bits per heavy atom. The summed E-state index contributed by atoms with van der Waals surface area (Å²) in [7, 11) is 0. The number of allylic oxidation sites excluding steroid dienone is 2. The third-order valence-electron chi connectivity index (χ3n) is 2.06. The van der Waals surface area contributed by atoms with Crippen LogP contribution in [0.4, 0.5) is 0 Å². The molecule has 2 heterocycles. The summed E-state index contributed by atoms with van der Waals surface area (Å²) in [6.45, 7) is 0. The minimum atomic E-state index is -1.14. The Hall–Kier alpha value is -2.70. The number of aliphatic carboxylic acids is 1. The van der Waals surface area contributed by atoms with E-state index in [0.717, 1.165) is 0 Å². The number of nitrogens with one attached hydrogen (secondary N) is 2. The summed E-state index contributed by atoms with van der Waals surface area (Å²) in [5, 5.41) is 20.7. The van der Waals surface area contributed by atoms with Crippen LogP contribution in [0.1, 0.15) is 5.56 Å². The van der Waals surface area contributed by atoms with Crippen LogP contribution in [0.3, 0.4) is 0 Å². The number of aromatic amines is 2. The van der Waals surface area contributed by atoms with Crippen molar-refractivity contribution in [1.82, 2.24) is 10.2 Å². The molecule has 0 bridgehead atoms. The summed E-state index contributed by atoms with van der Waals surface area (Å²) < 4.78 is 0. The van der Waals surface area contributed by atoms with Crippen molar-refractivity contribution in [1.29, 1.82) is 0 Å². The molecular formula is C10H8N4O3. The Morgan fingerprint density at radius 2 is 2.29 bits per heavy atom. The molecule has 0 atom stereocenters. The smallest absolute Gasteiger partial charge is 0.357 e. The molecule has 17 heavy (non-hydrogen) atoms. The fourth-order valence-electron chi connectivity index (χ4n) is 1.25. The van der Waals surface area contributed by atoms with Crippen LogP contribution in [-0.4, -0.2) is 33.2 Å². The van der Waals surface area contributed by atoms with Gasteiger partial charge in [0.05, 0.1) is 11.8 Å². The number of hydrogen-bond acceptors (Lipinski definition) is 4. The second-order valence-corrected chi connectivity index (χ2v) is 3.18. The Labute approximate surface area is 94.9 Å². The predicted molar refractivity (Wildman–Crippen MR) is 62.1 cm³/mol. The van der Waals surface area contributed by atoms with Crippen LogP contribution in [0.25, 0.3) is 6.08 Å². The summed E-state index contributed by atoms with van der Waals surface area (Å²) in [5.74, 6) is -1.14. The molecule has 1 aliphatic rings. The van der Waals surface area contributed by atoms with Crippen molar-refractivity contribution in [2.75, 3.05) is 0 Å². The van der Waals surface area contributed by atoms with Crippen LogP contribution in [0.15, 0.2) is 38.9 Å². The van der Waals surface area contributed by atoms with Gasteiger partial charge in [-0.15, -0.1) is 5.10 Å². The van der Waals surface area contributed by atoms with E-state index in [1.165, 1.54) is 18.5 Å². The van der Waals surface area contributed by atoms with Gasteiger partial charge in [0.15, 0.2) is 5.71 Å². The largest absolute Gasteiger partial charge is 0.476 e. The van der Waals surface area contributed by atoms with Crippen LogP contribution in [0, 0.1) is 0 Å². The normalized spacial score (nSPS) is 16.9. The Kier molecular flexibility index (Phi) is 2.82. The molecule has 0 unspecified atom stereocenters. The van der Waals surface area contributed by atoms with Crippen molar-refractivity contribution >= 4 is 24.0 Å². The molecule has 0 amide bonds. The van der Waals surface area contributed by atoms with E-state index in [1.807, 2.05) is 0 Å². The highest BCUT2D eigenvalue weighted by atomic mass is 16.4. The first-order valence-electron chi connectivity index (χ1n) is 4.67. The van der Waals surface area contributed by atoms with Gasteiger partial charge in [0.25, 0.3) is 5.56 Å². The lowest BCUT2D eigenvalue weighted by Gasteiger charge is -1.91. The first kappa shape index (κ1) is 10.8. The van der Waals surface area contributed by atoms with Crippen molar-refractivity contribution in [3.63, 3.8) is 0 Å². The van der Waals surface area contributed by atoms with Gasteiger partial charge in [-0.2, -0.15) is 5.10 Å². The maximum Gasteiger partial charge on any atom is 0.357 e. The molecule has 3 N–H and O–H groups in total. The molecule has 0 aromatic carbocycles. The zero-order chi connectivity index (χ0) is 12.3. The molecule has 0 saturated carbocycles. The van der Waals surface area contributed by atoms with E-state index in [9.17, 15) is 9.59 Å². The van der Waals surface area contributed by atoms with Crippen LogP contribution in [0.5, 0.6) is 0 Å². The Balaban J connectivity index is 2.17. The SMILES string of the molecule is O=C(O)C1=NN=CC1=CC=Cc1c[nH][nH]c1=O. The van der Waals surface area contributed by atoms with Crippen molar-refractivity contribution in [2.24, 2.45) is 10.2 Å². The molecule has 2 rings (SSSR count). The number of carbonyl (C=O) groups is 1. The third-order valence-corrected chi connectivity index (χ3v) is 2.06. The minimum Gasteiger partial charge on any atom is -0.476 e. The fourth-order valence-corrected chi connectivity index (χ4v) is 1.25. The van der Waals surface area contributed by atoms with Gasteiger partial charge in [-0.05, 0) is 6.08 Å². The molecule has 0 spiro atoms. The lowest BCUT2D eigenvalue weighted by molar-refractivity contribution is -0.129. The maximum absolute atomic E-state index is 11.1. The van der Waals surface area contributed by atoms with Gasteiger partial charge in [-0.25, -0.2) is 4.79 Å². The molecular weight excluding hydrogens is 224 g/mol. The summed E-state index contributed by atoms with van der Waals surface area (Å²) in [5.41, 5.74) is 0.482. The van der Waals surface area contributed by atoms with E-state index in [2.05, 4.69) is 20.4 Å². The second-order valence-electron chi connectivity index (χ2n) is 3.18. The summed E-state index contributed by atoms with van der Waals surface area (Å²) in [6.07, 6.45) is 7.48. The lowest BCUT2D eigenvalue weighted by Crippen LogP contribution is -2.13. The van der Waals surface area contributed by atoms with Gasteiger partial charge in [0.2, 0.25) is 0 Å². The molecule has 0 radical (unpaired) electrons. The van der Waals surface area contributed by atoms with E-state index in [4.69, 9.17) is 5.11 Å². The van der Waals surface area contributed by atoms with Crippen molar-refractivity contribution in [3.8, 4) is 0 Å². The molecule has 0 aliphatic carbocycles. The van der Waals surface area contributed by atoms with Gasteiger partial charge in [-0.3, -0.25) is 9.89 Å². The predicted octanol–water partition coefficient (Wildman–Crippen LogP) is 0.168. The van der Waals surface area contributed by atoms with E-state index in [0.29, 0.717) is 11.1 Å². The van der Waals surface area contributed by atoms with Crippen molar-refractivity contribution in [3.05, 3.63) is 39.8 Å². The third kappa shape index (κ3) is 2.28. The van der Waals surface area contributed by atoms with E-state index < -0.39 is 5.97 Å². The summed E-state index contributed by atoms with van der Waals surface area (Å²) in [6, 6.07) is 0.